The van der Waals surface area contributed by atoms with Crippen LogP contribution in [0.3, 0.4) is 0 Å². The summed E-state index contributed by atoms with van der Waals surface area (Å²) in [5.41, 5.74) is 8.87. The zero-order valence-electron chi connectivity index (χ0n) is 20.8. The van der Waals surface area contributed by atoms with Crippen molar-refractivity contribution in [1.82, 2.24) is 29.9 Å². The molecule has 3 aromatic rings. The van der Waals surface area contributed by atoms with Gasteiger partial charge in [-0.1, -0.05) is 0 Å². The first-order valence-electron chi connectivity index (χ1n) is 12.8. The molecule has 0 aromatic carbocycles. The average Bonchev–Trinajstić information content (AvgIpc) is 3.61. The summed E-state index contributed by atoms with van der Waals surface area (Å²) in [4.78, 5) is 9.59. The third-order valence-electron chi connectivity index (χ3n) is 7.87. The van der Waals surface area contributed by atoms with Crippen molar-refractivity contribution < 1.29 is 5.11 Å². The van der Waals surface area contributed by atoms with E-state index in [0.29, 0.717) is 11.6 Å². The number of anilines is 1. The number of hydrogen-bond donors (Lipinski definition) is 2. The Kier molecular flexibility index (Phi) is 5.88. The summed E-state index contributed by atoms with van der Waals surface area (Å²) in [6.45, 7) is 5.84. The lowest BCUT2D eigenvalue weighted by Crippen LogP contribution is -2.52. The molecular formula is C27H32N8O. The number of piperazine rings is 1. The number of nitrogens with one attached hydrogen (secondary N) is 1. The molecule has 3 atom stereocenters. The Hall–Kier alpha value is -3.45. The van der Waals surface area contributed by atoms with Crippen LogP contribution in [0.5, 0.6) is 0 Å². The highest BCUT2D eigenvalue weighted by molar-refractivity contribution is 5.87. The zero-order valence-corrected chi connectivity index (χ0v) is 20.8. The largest absolute Gasteiger partial charge is 0.391 e. The fourth-order valence-corrected chi connectivity index (χ4v) is 6.00. The van der Waals surface area contributed by atoms with Gasteiger partial charge in [0.25, 0.3) is 0 Å². The van der Waals surface area contributed by atoms with E-state index in [-0.39, 0.29) is 12.1 Å². The topological polar surface area (TPSA) is 96.0 Å². The smallest absolute Gasteiger partial charge is 0.128 e. The summed E-state index contributed by atoms with van der Waals surface area (Å²) in [6, 6.07) is 9.10. The lowest BCUT2D eigenvalue weighted by Gasteiger charge is -2.39. The molecule has 2 aliphatic heterocycles. The number of aliphatic hydroxyl groups excluding tert-OH is 1. The summed E-state index contributed by atoms with van der Waals surface area (Å²) >= 11 is 0. The molecule has 3 aliphatic rings. The predicted molar refractivity (Wildman–Crippen MR) is 139 cm³/mol. The Bertz CT molecular complexity index is 1330. The third-order valence-corrected chi connectivity index (χ3v) is 7.87. The van der Waals surface area contributed by atoms with Crippen LogP contribution in [0, 0.1) is 11.3 Å². The Morgan fingerprint density at radius 1 is 1.11 bits per heavy atom. The van der Waals surface area contributed by atoms with Gasteiger partial charge in [0, 0.05) is 69.0 Å². The summed E-state index contributed by atoms with van der Waals surface area (Å²) in [5.74, 6) is 0.963. The van der Waals surface area contributed by atoms with E-state index in [1.807, 2.05) is 24.5 Å². The van der Waals surface area contributed by atoms with Gasteiger partial charge in [-0.05, 0) is 55.5 Å². The van der Waals surface area contributed by atoms with Crippen LogP contribution in [0.25, 0.3) is 22.2 Å². The molecule has 9 nitrogen and oxygen atoms in total. The van der Waals surface area contributed by atoms with Gasteiger partial charge in [-0.2, -0.15) is 10.4 Å². The standard InChI is InChI=1S/C27H32N8O/c1-18-23(17-32(2)31-18)20-12-22(27-21(13-28)15-30-35(27)16-20)19-6-7-26(29-14-19)34-10-8-33(9-11-34)24-4-3-5-25(24)36/h6-7,12,14-18,24-25,31,36H,3-5,8-11H2,1-2H3/t18?,24-,25-/m1/s1. The van der Waals surface area contributed by atoms with E-state index < -0.39 is 0 Å². The van der Waals surface area contributed by atoms with Crippen LogP contribution in [0.2, 0.25) is 0 Å². The van der Waals surface area contributed by atoms with Crippen LogP contribution in [-0.4, -0.2) is 81.0 Å². The third kappa shape index (κ3) is 4.01. The molecular weight excluding hydrogens is 452 g/mol. The fourth-order valence-electron chi connectivity index (χ4n) is 6.00. The molecule has 3 aromatic heterocycles. The van der Waals surface area contributed by atoms with Crippen LogP contribution in [0.4, 0.5) is 5.82 Å². The van der Waals surface area contributed by atoms with Crippen molar-refractivity contribution >= 4 is 16.9 Å². The molecule has 1 saturated heterocycles. The van der Waals surface area contributed by atoms with E-state index >= 15 is 0 Å². The minimum Gasteiger partial charge on any atom is -0.391 e. The normalized spacial score (nSPS) is 24.9. The highest BCUT2D eigenvalue weighted by Crippen LogP contribution is 2.33. The predicted octanol–water partition coefficient (Wildman–Crippen LogP) is 2.48. The summed E-state index contributed by atoms with van der Waals surface area (Å²) < 4.78 is 1.81. The van der Waals surface area contributed by atoms with E-state index in [9.17, 15) is 10.4 Å². The number of pyridine rings is 2. The zero-order chi connectivity index (χ0) is 24.8. The van der Waals surface area contributed by atoms with Gasteiger partial charge in [0.1, 0.15) is 11.9 Å². The number of rotatable bonds is 4. The van der Waals surface area contributed by atoms with Crippen LogP contribution in [0.15, 0.2) is 43.0 Å². The second-order valence-electron chi connectivity index (χ2n) is 10.1. The number of nitriles is 1. The number of hydrazine groups is 1. The van der Waals surface area contributed by atoms with Crippen LogP contribution >= 0.6 is 0 Å². The monoisotopic (exact) mass is 484 g/mol. The first kappa shape index (κ1) is 23.0. The number of nitrogens with zero attached hydrogens (tertiary/aromatic N) is 7. The Morgan fingerprint density at radius 3 is 2.58 bits per heavy atom. The van der Waals surface area contributed by atoms with Crippen LogP contribution in [-0.2, 0) is 0 Å². The Labute approximate surface area is 211 Å². The molecule has 0 bridgehead atoms. The molecule has 1 saturated carbocycles. The van der Waals surface area contributed by atoms with Gasteiger partial charge in [0.2, 0.25) is 0 Å². The van der Waals surface area contributed by atoms with Gasteiger partial charge in [0.05, 0.1) is 29.4 Å². The van der Waals surface area contributed by atoms with Gasteiger partial charge in [0.15, 0.2) is 0 Å². The second kappa shape index (κ2) is 9.21. The van der Waals surface area contributed by atoms with Crippen molar-refractivity contribution in [2.24, 2.45) is 0 Å². The lowest BCUT2D eigenvalue weighted by atomic mass is 9.98. The fraction of sp³-hybridized carbons (Fsp3) is 0.444. The highest BCUT2D eigenvalue weighted by Gasteiger charge is 2.32. The first-order chi connectivity index (χ1) is 17.5. The minimum atomic E-state index is -0.178. The Morgan fingerprint density at radius 2 is 1.94 bits per heavy atom. The molecule has 1 aliphatic carbocycles. The van der Waals surface area contributed by atoms with E-state index in [2.05, 4.69) is 57.7 Å². The molecule has 0 amide bonds. The number of hydrogen-bond acceptors (Lipinski definition) is 8. The number of fused-ring (bicyclic) bond motifs is 1. The van der Waals surface area contributed by atoms with Gasteiger partial charge < -0.3 is 15.0 Å². The molecule has 186 valence electrons. The molecule has 0 radical (unpaired) electrons. The van der Waals surface area contributed by atoms with Gasteiger partial charge in [-0.25, -0.2) is 14.9 Å². The van der Waals surface area contributed by atoms with Crippen LogP contribution in [0.1, 0.15) is 37.3 Å². The maximum atomic E-state index is 10.3. The first-order valence-corrected chi connectivity index (χ1v) is 12.8. The van der Waals surface area contributed by atoms with Gasteiger partial charge in [-0.15, -0.1) is 0 Å². The minimum absolute atomic E-state index is 0.177. The molecule has 2 N–H and O–H groups in total. The molecule has 6 rings (SSSR count). The quantitative estimate of drug-likeness (QED) is 0.583. The van der Waals surface area contributed by atoms with E-state index in [0.717, 1.165) is 73.5 Å². The van der Waals surface area contributed by atoms with Crippen LogP contribution < -0.4 is 10.3 Å². The molecule has 36 heavy (non-hydrogen) atoms. The van der Waals surface area contributed by atoms with Crippen molar-refractivity contribution in [3.8, 4) is 17.2 Å². The van der Waals surface area contributed by atoms with Gasteiger partial charge >= 0.3 is 0 Å². The molecule has 9 heteroatoms. The van der Waals surface area contributed by atoms with Gasteiger partial charge in [-0.3, -0.25) is 4.90 Å². The SMILES string of the molecule is CC1NN(C)C=C1c1cc(-c2ccc(N3CCN([C@@H]4CCC[C@H]4O)CC3)nc2)c2c(C#N)cnn2c1. The summed E-state index contributed by atoms with van der Waals surface area (Å²) in [5, 5.41) is 26.4. The van der Waals surface area contributed by atoms with Crippen molar-refractivity contribution in [2.75, 3.05) is 38.1 Å². The second-order valence-corrected chi connectivity index (χ2v) is 10.1. The molecule has 0 spiro atoms. The summed E-state index contributed by atoms with van der Waals surface area (Å²) in [6.07, 6.45) is 10.6. The molecule has 5 heterocycles. The van der Waals surface area contributed by atoms with Crippen molar-refractivity contribution in [3.63, 3.8) is 0 Å². The van der Waals surface area contributed by atoms with Crippen molar-refractivity contribution in [1.29, 1.82) is 5.26 Å². The van der Waals surface area contributed by atoms with Crippen molar-refractivity contribution in [3.05, 3.63) is 54.1 Å². The van der Waals surface area contributed by atoms with E-state index in [1.165, 1.54) is 5.57 Å². The van der Waals surface area contributed by atoms with E-state index in [1.54, 1.807) is 10.7 Å². The Balaban J connectivity index is 1.28. The maximum Gasteiger partial charge on any atom is 0.128 e. The molecule has 1 unspecified atom stereocenters. The average molecular weight is 485 g/mol. The summed E-state index contributed by atoms with van der Waals surface area (Å²) in [7, 11) is 1.99. The van der Waals surface area contributed by atoms with E-state index in [4.69, 9.17) is 4.98 Å². The highest BCUT2D eigenvalue weighted by atomic mass is 16.3. The molecule has 2 fully saturated rings. The van der Waals surface area contributed by atoms with Crippen molar-refractivity contribution in [2.45, 2.75) is 44.4 Å². The number of aromatic nitrogens is 3. The lowest BCUT2D eigenvalue weighted by molar-refractivity contribution is 0.0671. The maximum absolute atomic E-state index is 10.3. The number of aliphatic hydroxyl groups is 1.